The molecular formula is C70H59BN2O. The Morgan fingerprint density at radius 3 is 1.92 bits per heavy atom. The summed E-state index contributed by atoms with van der Waals surface area (Å²) in [6.07, 6.45) is 16.6. The highest BCUT2D eigenvalue weighted by atomic mass is 16.3. The number of benzene rings is 9. The molecule has 6 saturated carbocycles. The van der Waals surface area contributed by atoms with Crippen molar-refractivity contribution in [2.45, 2.75) is 94.8 Å². The smallest absolute Gasteiger partial charge is 0.333 e. The van der Waals surface area contributed by atoms with Gasteiger partial charge in [-0.3, -0.25) is 0 Å². The van der Waals surface area contributed by atoms with Crippen LogP contribution >= 0.6 is 0 Å². The average molecular weight is 955 g/mol. The molecule has 74 heavy (non-hydrogen) atoms. The molecule has 4 heterocycles. The van der Waals surface area contributed by atoms with E-state index in [1.807, 2.05) is 0 Å². The highest BCUT2D eigenvalue weighted by Crippen LogP contribution is 2.62. The van der Waals surface area contributed by atoms with E-state index in [-0.39, 0.29) is 17.7 Å². The highest BCUT2D eigenvalue weighted by Gasteiger charge is 2.53. The zero-order valence-corrected chi connectivity index (χ0v) is 42.3. The summed E-state index contributed by atoms with van der Waals surface area (Å²) in [5.41, 5.74) is 20.1. The van der Waals surface area contributed by atoms with E-state index >= 15 is 0 Å². The number of rotatable bonds is 5. The minimum Gasteiger partial charge on any atom is -0.456 e. The fourth-order valence-electron chi connectivity index (χ4n) is 18.5. The molecule has 358 valence electrons. The van der Waals surface area contributed by atoms with Crippen molar-refractivity contribution in [3.8, 4) is 27.9 Å². The van der Waals surface area contributed by atoms with Crippen LogP contribution < -0.4 is 15.7 Å². The quantitative estimate of drug-likeness (QED) is 0.160. The molecule has 2 aliphatic heterocycles. The van der Waals surface area contributed by atoms with Gasteiger partial charge in [0.25, 0.3) is 0 Å². The van der Waals surface area contributed by atoms with Crippen molar-refractivity contribution in [2.75, 3.05) is 4.81 Å². The van der Waals surface area contributed by atoms with Crippen LogP contribution in [0.5, 0.6) is 0 Å². The molecule has 9 aromatic carbocycles. The van der Waals surface area contributed by atoms with Gasteiger partial charge in [0, 0.05) is 43.9 Å². The minimum atomic E-state index is -0.0697. The number of nitrogens with zero attached hydrogens (tertiary/aromatic N) is 2. The van der Waals surface area contributed by atoms with Gasteiger partial charge in [0.15, 0.2) is 0 Å². The summed E-state index contributed by atoms with van der Waals surface area (Å²) in [6, 6.07) is 64.1. The topological polar surface area (TPSA) is 21.3 Å². The highest BCUT2D eigenvalue weighted by molar-refractivity contribution is 6.94. The third-order valence-electron chi connectivity index (χ3n) is 21.2. The van der Waals surface area contributed by atoms with Crippen molar-refractivity contribution in [3.63, 3.8) is 0 Å². The maximum atomic E-state index is 6.98. The molecule has 0 amide bonds. The predicted molar refractivity (Wildman–Crippen MR) is 309 cm³/mol. The molecular weight excluding hydrogens is 896 g/mol. The first-order chi connectivity index (χ1) is 36.4. The first kappa shape index (κ1) is 41.3. The predicted octanol–water partition coefficient (Wildman–Crippen LogP) is 17.2. The first-order valence-electron chi connectivity index (χ1n) is 28.5. The van der Waals surface area contributed by atoms with Gasteiger partial charge in [-0.05, 0) is 220 Å². The van der Waals surface area contributed by atoms with Gasteiger partial charge < -0.3 is 13.8 Å². The van der Waals surface area contributed by atoms with E-state index < -0.39 is 0 Å². The van der Waals surface area contributed by atoms with Crippen molar-refractivity contribution in [3.05, 3.63) is 175 Å². The van der Waals surface area contributed by atoms with Crippen molar-refractivity contribution >= 4 is 94.4 Å². The summed E-state index contributed by atoms with van der Waals surface area (Å²) in [5, 5.41) is 10.3. The Labute approximate surface area is 433 Å². The van der Waals surface area contributed by atoms with Gasteiger partial charge in [0.05, 0.1) is 16.7 Å². The van der Waals surface area contributed by atoms with Crippen molar-refractivity contribution in [1.82, 2.24) is 4.57 Å². The van der Waals surface area contributed by atoms with Gasteiger partial charge in [-0.1, -0.05) is 123 Å². The van der Waals surface area contributed by atoms with Gasteiger partial charge in [-0.2, -0.15) is 0 Å². The lowest BCUT2D eigenvalue weighted by atomic mass is 9.42. The summed E-state index contributed by atoms with van der Waals surface area (Å²) < 4.78 is 9.76. The second kappa shape index (κ2) is 14.6. The van der Waals surface area contributed by atoms with Crippen molar-refractivity contribution < 1.29 is 4.42 Å². The van der Waals surface area contributed by atoms with Gasteiger partial charge in [0.2, 0.25) is 0 Å². The first-order valence-corrected chi connectivity index (χ1v) is 28.5. The van der Waals surface area contributed by atoms with E-state index in [1.165, 1.54) is 181 Å². The van der Waals surface area contributed by atoms with Crippen LogP contribution in [0, 0.1) is 29.6 Å². The molecule has 6 aliphatic carbocycles. The second-order valence-electron chi connectivity index (χ2n) is 25.1. The SMILES string of the molecule is CCC1(c2ccc3c(c2)c2cc(C45CC6CC(CC(C6)C4)C5)cc4c2n3-c2c3c(cc5ccccc25)-c2cc5oc6cc7ccccc7cc6c5cc2N(c2ccc(-c5ccccc5)cc2)B34)CC2CCC(C2)C1. The second-order valence-corrected chi connectivity index (χ2v) is 25.1. The molecule has 3 nitrogen and oxygen atoms in total. The lowest BCUT2D eigenvalue weighted by molar-refractivity contribution is -0.00509. The summed E-state index contributed by atoms with van der Waals surface area (Å²) in [7, 11) is 0. The van der Waals surface area contributed by atoms with E-state index in [9.17, 15) is 0 Å². The molecule has 0 spiro atoms. The zero-order valence-electron chi connectivity index (χ0n) is 42.3. The standard InChI is InChI=1S/C70H59BN2O/c1-2-69(36-41-16-17-42(24-41)37-69)51-20-23-62-55(31-51)60-32-52(70-38-43-25-44(39-70)27-45(26-43)40-70)33-61-67(60)72(62)68-54-15-9-8-14-50(54)29-59-56-35-65-58(57-28-48-12-6-7-13-49(48)30-64(57)74-65)34-63(56)73(71(61)66(59)68)53-21-18-47(19-22-53)46-10-4-3-5-11-46/h3-15,18-23,28-35,41-45H,2,16-17,24-27,36-40H2,1H3. The van der Waals surface area contributed by atoms with Crippen LogP contribution in [0.25, 0.3) is 93.2 Å². The molecule has 0 N–H and O–H groups in total. The Kier molecular flexibility index (Phi) is 8.17. The van der Waals surface area contributed by atoms with Gasteiger partial charge in [0.1, 0.15) is 11.2 Å². The average Bonchev–Trinajstić information content (AvgIpc) is 4.22. The molecule has 8 aliphatic rings. The Morgan fingerprint density at radius 2 is 1.16 bits per heavy atom. The summed E-state index contributed by atoms with van der Waals surface area (Å²) >= 11 is 0. The molecule has 0 radical (unpaired) electrons. The van der Waals surface area contributed by atoms with Crippen molar-refractivity contribution in [2.24, 2.45) is 29.6 Å². The van der Waals surface area contributed by atoms with E-state index in [0.29, 0.717) is 0 Å². The maximum Gasteiger partial charge on any atom is 0.333 e. The number of hydrogen-bond donors (Lipinski definition) is 0. The molecule has 2 atom stereocenters. The monoisotopic (exact) mass is 954 g/mol. The Morgan fingerprint density at radius 1 is 0.514 bits per heavy atom. The largest absolute Gasteiger partial charge is 0.456 e. The zero-order chi connectivity index (χ0) is 48.2. The maximum absolute atomic E-state index is 6.98. The summed E-state index contributed by atoms with van der Waals surface area (Å²) in [5.74, 6) is 4.31. The molecule has 2 unspecified atom stereocenters. The van der Waals surface area contributed by atoms with E-state index in [4.69, 9.17) is 4.42 Å². The van der Waals surface area contributed by atoms with Crippen LogP contribution in [0.4, 0.5) is 11.4 Å². The van der Waals surface area contributed by atoms with Crippen LogP contribution in [0.3, 0.4) is 0 Å². The van der Waals surface area contributed by atoms with Gasteiger partial charge >= 0.3 is 6.85 Å². The van der Waals surface area contributed by atoms with Crippen LogP contribution in [-0.2, 0) is 10.8 Å². The number of anilines is 2. The molecule has 6 fully saturated rings. The Balaban J connectivity index is 0.968. The van der Waals surface area contributed by atoms with Crippen LogP contribution in [0.15, 0.2) is 168 Å². The summed E-state index contributed by atoms with van der Waals surface area (Å²) in [4.78, 5) is 2.78. The fraction of sp³-hybridized carbons (Fsp3) is 0.286. The molecule has 11 aromatic rings. The third kappa shape index (κ3) is 5.54. The lowest BCUT2D eigenvalue weighted by Gasteiger charge is -2.57. The molecule has 6 bridgehead atoms. The van der Waals surface area contributed by atoms with E-state index in [2.05, 4.69) is 180 Å². The molecule has 19 rings (SSSR count). The number of furan rings is 1. The van der Waals surface area contributed by atoms with Crippen molar-refractivity contribution in [1.29, 1.82) is 0 Å². The number of hydrogen-bond acceptors (Lipinski definition) is 2. The Bertz CT molecular complexity index is 4190. The third-order valence-corrected chi connectivity index (χ3v) is 21.2. The Hall–Kier alpha value is -7.04. The number of aromatic nitrogens is 1. The molecule has 0 saturated heterocycles. The molecule has 2 aromatic heterocycles. The summed E-state index contributed by atoms with van der Waals surface area (Å²) in [6.45, 7) is 2.43. The van der Waals surface area contributed by atoms with E-state index in [1.54, 1.807) is 11.1 Å². The van der Waals surface area contributed by atoms with Gasteiger partial charge in [-0.25, -0.2) is 0 Å². The molecule has 4 heteroatoms. The number of fused-ring (bicyclic) bond motifs is 15. The normalized spacial score (nSPS) is 26.1. The van der Waals surface area contributed by atoms with Gasteiger partial charge in [-0.15, -0.1) is 0 Å². The fourth-order valence-corrected chi connectivity index (χ4v) is 18.5. The van der Waals surface area contributed by atoms with E-state index in [0.717, 1.165) is 40.8 Å². The van der Waals surface area contributed by atoms with Crippen LogP contribution in [-0.4, -0.2) is 11.4 Å². The lowest BCUT2D eigenvalue weighted by Crippen LogP contribution is -2.61. The van der Waals surface area contributed by atoms with Crippen LogP contribution in [0.2, 0.25) is 0 Å². The van der Waals surface area contributed by atoms with Crippen LogP contribution in [0.1, 0.15) is 95.1 Å². The minimum absolute atomic E-state index is 0.0697.